The second kappa shape index (κ2) is 4.77. The molecule has 0 aromatic heterocycles. The van der Waals surface area contributed by atoms with Gasteiger partial charge in [0.15, 0.2) is 5.78 Å². The van der Waals surface area contributed by atoms with Crippen LogP contribution in [0.2, 0.25) is 0 Å². The molecule has 0 spiro atoms. The highest BCUT2D eigenvalue weighted by atomic mass is 16.1. The molecule has 0 atom stereocenters. The maximum absolute atomic E-state index is 12.2. The quantitative estimate of drug-likeness (QED) is 0.785. The molecule has 0 N–H and O–H groups in total. The van der Waals surface area contributed by atoms with Crippen molar-refractivity contribution in [3.63, 3.8) is 0 Å². The summed E-state index contributed by atoms with van der Waals surface area (Å²) in [5.74, 6) is 0.295. The summed E-state index contributed by atoms with van der Waals surface area (Å²) in [6, 6.07) is 14.5. The second-order valence-electron chi connectivity index (χ2n) is 4.86. The summed E-state index contributed by atoms with van der Waals surface area (Å²) in [4.78, 5) is 12.2. The lowest BCUT2D eigenvalue weighted by Crippen LogP contribution is -2.05. The van der Waals surface area contributed by atoms with Gasteiger partial charge in [0, 0.05) is 6.42 Å². The van der Waals surface area contributed by atoms with E-state index in [2.05, 4.69) is 30.3 Å². The standard InChI is InChI=1S/C17H16O/c18-17(14-7-1-2-8-14)12-15-10-5-9-13-6-3-4-11-16(13)15/h3-7,9-11H,1-2,8,12H2. The Morgan fingerprint density at radius 3 is 2.72 bits per heavy atom. The zero-order valence-electron chi connectivity index (χ0n) is 10.4. The summed E-state index contributed by atoms with van der Waals surface area (Å²) in [6.45, 7) is 0. The summed E-state index contributed by atoms with van der Waals surface area (Å²) >= 11 is 0. The Morgan fingerprint density at radius 2 is 1.89 bits per heavy atom. The van der Waals surface area contributed by atoms with Gasteiger partial charge < -0.3 is 0 Å². The van der Waals surface area contributed by atoms with Crippen LogP contribution in [0.4, 0.5) is 0 Å². The molecule has 0 saturated carbocycles. The average Bonchev–Trinajstić information content (AvgIpc) is 2.93. The number of fused-ring (bicyclic) bond motifs is 1. The smallest absolute Gasteiger partial charge is 0.162 e. The highest BCUT2D eigenvalue weighted by Crippen LogP contribution is 2.23. The molecule has 0 fully saturated rings. The molecule has 1 aliphatic rings. The third kappa shape index (κ3) is 2.08. The van der Waals surface area contributed by atoms with E-state index in [0.29, 0.717) is 12.2 Å². The van der Waals surface area contributed by atoms with E-state index in [0.717, 1.165) is 30.4 Å². The third-order valence-electron chi connectivity index (χ3n) is 3.63. The summed E-state index contributed by atoms with van der Waals surface area (Å²) in [5.41, 5.74) is 2.17. The Balaban J connectivity index is 1.93. The van der Waals surface area contributed by atoms with Gasteiger partial charge in [0.25, 0.3) is 0 Å². The molecule has 0 bridgehead atoms. The van der Waals surface area contributed by atoms with Gasteiger partial charge >= 0.3 is 0 Å². The molecule has 0 amide bonds. The molecule has 0 unspecified atom stereocenters. The van der Waals surface area contributed by atoms with Crippen LogP contribution in [0.3, 0.4) is 0 Å². The maximum Gasteiger partial charge on any atom is 0.162 e. The highest BCUT2D eigenvalue weighted by Gasteiger charge is 2.14. The van der Waals surface area contributed by atoms with E-state index in [1.807, 2.05) is 18.2 Å². The van der Waals surface area contributed by atoms with Gasteiger partial charge in [-0.15, -0.1) is 0 Å². The molecule has 0 heterocycles. The zero-order chi connectivity index (χ0) is 12.4. The minimum Gasteiger partial charge on any atom is -0.294 e. The normalized spacial score (nSPS) is 14.8. The van der Waals surface area contributed by atoms with Gasteiger partial charge in [-0.05, 0) is 41.2 Å². The Kier molecular flexibility index (Phi) is 2.97. The summed E-state index contributed by atoms with van der Waals surface area (Å²) < 4.78 is 0. The fourth-order valence-corrected chi connectivity index (χ4v) is 2.66. The van der Waals surface area contributed by atoms with Crippen LogP contribution in [0.15, 0.2) is 54.1 Å². The minimum atomic E-state index is 0.295. The van der Waals surface area contributed by atoms with Crippen molar-refractivity contribution < 1.29 is 4.79 Å². The van der Waals surface area contributed by atoms with Crippen molar-refractivity contribution >= 4 is 16.6 Å². The van der Waals surface area contributed by atoms with E-state index in [-0.39, 0.29) is 0 Å². The van der Waals surface area contributed by atoms with Crippen LogP contribution in [-0.2, 0) is 11.2 Å². The molecular weight excluding hydrogens is 220 g/mol. The summed E-state index contributed by atoms with van der Waals surface area (Å²) in [6.07, 6.45) is 5.80. The van der Waals surface area contributed by atoms with Gasteiger partial charge in [-0.1, -0.05) is 48.5 Å². The van der Waals surface area contributed by atoms with Crippen molar-refractivity contribution in [1.82, 2.24) is 0 Å². The van der Waals surface area contributed by atoms with Crippen LogP contribution in [0.25, 0.3) is 10.8 Å². The Hall–Kier alpha value is -1.89. The zero-order valence-corrected chi connectivity index (χ0v) is 10.4. The maximum atomic E-state index is 12.2. The molecule has 1 aliphatic carbocycles. The van der Waals surface area contributed by atoms with E-state index in [1.165, 1.54) is 10.8 Å². The first kappa shape index (κ1) is 11.2. The van der Waals surface area contributed by atoms with Crippen molar-refractivity contribution in [3.05, 3.63) is 59.7 Å². The molecule has 90 valence electrons. The lowest BCUT2D eigenvalue weighted by atomic mass is 9.97. The Bertz CT molecular complexity index is 617. The molecule has 0 radical (unpaired) electrons. The monoisotopic (exact) mass is 236 g/mol. The van der Waals surface area contributed by atoms with Crippen LogP contribution in [0.1, 0.15) is 24.8 Å². The van der Waals surface area contributed by atoms with Crippen molar-refractivity contribution in [1.29, 1.82) is 0 Å². The first-order valence-corrected chi connectivity index (χ1v) is 6.53. The molecule has 1 nitrogen and oxygen atoms in total. The van der Waals surface area contributed by atoms with Gasteiger partial charge in [-0.2, -0.15) is 0 Å². The highest BCUT2D eigenvalue weighted by molar-refractivity contribution is 5.99. The van der Waals surface area contributed by atoms with Crippen LogP contribution in [0.5, 0.6) is 0 Å². The number of ketones is 1. The lowest BCUT2D eigenvalue weighted by molar-refractivity contribution is -0.115. The minimum absolute atomic E-state index is 0.295. The first-order valence-electron chi connectivity index (χ1n) is 6.53. The fraction of sp³-hybridized carbons (Fsp3) is 0.235. The van der Waals surface area contributed by atoms with Crippen molar-refractivity contribution in [2.45, 2.75) is 25.7 Å². The number of hydrogen-bond donors (Lipinski definition) is 0. The molecule has 0 aliphatic heterocycles. The Morgan fingerprint density at radius 1 is 1.06 bits per heavy atom. The van der Waals surface area contributed by atoms with Gasteiger partial charge in [0.05, 0.1) is 0 Å². The fourth-order valence-electron chi connectivity index (χ4n) is 2.66. The van der Waals surface area contributed by atoms with Gasteiger partial charge in [0.2, 0.25) is 0 Å². The molecule has 2 aromatic rings. The molecule has 2 aromatic carbocycles. The van der Waals surface area contributed by atoms with Crippen molar-refractivity contribution in [2.24, 2.45) is 0 Å². The van der Waals surface area contributed by atoms with Crippen LogP contribution in [-0.4, -0.2) is 5.78 Å². The predicted molar refractivity (Wildman–Crippen MR) is 74.6 cm³/mol. The third-order valence-corrected chi connectivity index (χ3v) is 3.63. The molecule has 0 saturated heterocycles. The number of benzene rings is 2. The molecule has 3 rings (SSSR count). The Labute approximate surface area is 107 Å². The van der Waals surface area contributed by atoms with Gasteiger partial charge in [-0.3, -0.25) is 4.79 Å². The van der Waals surface area contributed by atoms with Crippen LogP contribution >= 0.6 is 0 Å². The SMILES string of the molecule is O=C(Cc1cccc2ccccc12)C1=CCCC1. The van der Waals surface area contributed by atoms with E-state index < -0.39 is 0 Å². The molecular formula is C17H16O. The number of carbonyl (C=O) groups excluding carboxylic acids is 1. The van der Waals surface area contributed by atoms with E-state index >= 15 is 0 Å². The number of hydrogen-bond acceptors (Lipinski definition) is 1. The summed E-state index contributed by atoms with van der Waals surface area (Å²) in [7, 11) is 0. The van der Waals surface area contributed by atoms with Crippen molar-refractivity contribution in [2.75, 3.05) is 0 Å². The van der Waals surface area contributed by atoms with Crippen LogP contribution in [0, 0.1) is 0 Å². The van der Waals surface area contributed by atoms with Crippen molar-refractivity contribution in [3.8, 4) is 0 Å². The summed E-state index contributed by atoms with van der Waals surface area (Å²) in [5, 5.41) is 2.41. The van der Waals surface area contributed by atoms with Crippen LogP contribution < -0.4 is 0 Å². The largest absolute Gasteiger partial charge is 0.294 e. The second-order valence-corrected chi connectivity index (χ2v) is 4.86. The number of Topliss-reactive ketones (excluding diaryl/α,β-unsaturated/α-hetero) is 1. The number of rotatable bonds is 3. The average molecular weight is 236 g/mol. The lowest BCUT2D eigenvalue weighted by Gasteiger charge is -2.06. The predicted octanol–water partition coefficient (Wildman–Crippen LogP) is 4.06. The number of allylic oxidation sites excluding steroid dienone is 2. The van der Waals surface area contributed by atoms with E-state index in [1.54, 1.807) is 0 Å². The topological polar surface area (TPSA) is 17.1 Å². The molecule has 1 heteroatoms. The van der Waals surface area contributed by atoms with E-state index in [4.69, 9.17) is 0 Å². The van der Waals surface area contributed by atoms with E-state index in [9.17, 15) is 4.79 Å². The molecule has 18 heavy (non-hydrogen) atoms. The first-order chi connectivity index (χ1) is 8.84. The van der Waals surface area contributed by atoms with Gasteiger partial charge in [-0.25, -0.2) is 0 Å². The van der Waals surface area contributed by atoms with Gasteiger partial charge in [0.1, 0.15) is 0 Å². The number of carbonyl (C=O) groups is 1.